The van der Waals surface area contributed by atoms with Crippen LogP contribution in [0.1, 0.15) is 6.42 Å². The van der Waals surface area contributed by atoms with Gasteiger partial charge in [-0.15, -0.1) is 0 Å². The number of aliphatic hydroxyl groups is 1. The monoisotopic (exact) mass is 163 g/mol. The third-order valence-electron chi connectivity index (χ3n) is 1.43. The Bertz CT molecular complexity index is 94.9. The van der Waals surface area contributed by atoms with Gasteiger partial charge in [0, 0.05) is 13.1 Å². The lowest BCUT2D eigenvalue weighted by atomic mass is 10.4. The van der Waals surface area contributed by atoms with Gasteiger partial charge in [-0.25, -0.2) is 10.4 Å². The maximum absolute atomic E-state index is 8.56. The average molecular weight is 163 g/mol. The quantitative estimate of drug-likeness (QED) is 0.392. The molecule has 1 aliphatic rings. The van der Waals surface area contributed by atoms with Crippen LogP contribution in [0.15, 0.2) is 0 Å². The number of β-amino-alcohol motifs (C(OH)–C–C–N with tert-alkyl or cyclic N) is 1. The SMILES string of the molecule is OCCN1CCC(S)NN1. The van der Waals surface area contributed by atoms with Gasteiger partial charge in [0.15, 0.2) is 0 Å². The average Bonchev–Trinajstić information content (AvgIpc) is 1.95. The minimum absolute atomic E-state index is 0.186. The van der Waals surface area contributed by atoms with E-state index in [2.05, 4.69) is 23.6 Å². The first-order valence-corrected chi connectivity index (χ1v) is 3.89. The summed E-state index contributed by atoms with van der Waals surface area (Å²) in [7, 11) is 0. The second-order valence-electron chi connectivity index (χ2n) is 2.27. The predicted octanol–water partition coefficient (Wildman–Crippen LogP) is -1.05. The molecule has 1 aliphatic heterocycles. The van der Waals surface area contributed by atoms with Crippen LogP contribution in [-0.4, -0.2) is 35.2 Å². The number of rotatable bonds is 2. The number of hydrogen-bond acceptors (Lipinski definition) is 5. The maximum Gasteiger partial charge on any atom is 0.0662 e. The smallest absolute Gasteiger partial charge is 0.0662 e. The van der Waals surface area contributed by atoms with E-state index in [1.807, 2.05) is 5.01 Å². The van der Waals surface area contributed by atoms with Crippen LogP contribution in [0.3, 0.4) is 0 Å². The van der Waals surface area contributed by atoms with Gasteiger partial charge in [0.25, 0.3) is 0 Å². The fourth-order valence-corrected chi connectivity index (χ4v) is 1.03. The van der Waals surface area contributed by atoms with Gasteiger partial charge in [0.2, 0.25) is 0 Å². The third kappa shape index (κ3) is 2.43. The minimum Gasteiger partial charge on any atom is -0.395 e. The molecule has 1 fully saturated rings. The molecule has 1 heterocycles. The van der Waals surface area contributed by atoms with Crippen molar-refractivity contribution < 1.29 is 5.11 Å². The molecular formula is C5H13N3OS. The van der Waals surface area contributed by atoms with E-state index < -0.39 is 0 Å². The Labute approximate surface area is 65.9 Å². The van der Waals surface area contributed by atoms with Gasteiger partial charge in [-0.05, 0) is 6.42 Å². The van der Waals surface area contributed by atoms with Crippen molar-refractivity contribution in [1.29, 1.82) is 0 Å². The standard InChI is InChI=1S/C5H13N3OS/c9-4-3-8-2-1-5(10)6-7-8/h5-7,9-10H,1-4H2. The summed E-state index contributed by atoms with van der Waals surface area (Å²) in [4.78, 5) is 0. The zero-order chi connectivity index (χ0) is 7.40. The van der Waals surface area contributed by atoms with E-state index in [1.165, 1.54) is 0 Å². The molecule has 1 atom stereocenters. The van der Waals surface area contributed by atoms with Crippen molar-refractivity contribution in [2.75, 3.05) is 19.7 Å². The van der Waals surface area contributed by atoms with Crippen LogP contribution < -0.4 is 11.0 Å². The molecule has 1 saturated heterocycles. The topological polar surface area (TPSA) is 47.5 Å². The lowest BCUT2D eigenvalue weighted by molar-refractivity contribution is 0.0859. The van der Waals surface area contributed by atoms with Crippen LogP contribution >= 0.6 is 12.6 Å². The van der Waals surface area contributed by atoms with Crippen LogP contribution in [0.25, 0.3) is 0 Å². The summed E-state index contributed by atoms with van der Waals surface area (Å²) < 4.78 is 0. The van der Waals surface area contributed by atoms with E-state index in [-0.39, 0.29) is 12.0 Å². The maximum atomic E-state index is 8.56. The summed E-state index contributed by atoms with van der Waals surface area (Å²) in [6, 6.07) is 0. The molecular weight excluding hydrogens is 150 g/mol. The Hall–Kier alpha value is 0.190. The Morgan fingerprint density at radius 2 is 2.50 bits per heavy atom. The number of hydrogen-bond donors (Lipinski definition) is 4. The minimum atomic E-state index is 0.186. The molecule has 60 valence electrons. The molecule has 1 unspecified atom stereocenters. The van der Waals surface area contributed by atoms with Gasteiger partial charge in [-0.1, -0.05) is 0 Å². The molecule has 0 aromatic rings. The van der Waals surface area contributed by atoms with Gasteiger partial charge >= 0.3 is 0 Å². The Kier molecular flexibility index (Phi) is 3.44. The molecule has 0 amide bonds. The summed E-state index contributed by atoms with van der Waals surface area (Å²) in [6.07, 6.45) is 0.996. The van der Waals surface area contributed by atoms with Crippen LogP contribution in [0.2, 0.25) is 0 Å². The first-order chi connectivity index (χ1) is 4.83. The Balaban J connectivity index is 2.13. The Morgan fingerprint density at radius 1 is 1.70 bits per heavy atom. The van der Waals surface area contributed by atoms with Gasteiger partial charge < -0.3 is 5.11 Å². The summed E-state index contributed by atoms with van der Waals surface area (Å²) in [5.74, 6) is 0. The number of aliphatic hydroxyl groups excluding tert-OH is 1. The van der Waals surface area contributed by atoms with Crippen LogP contribution in [-0.2, 0) is 0 Å². The third-order valence-corrected chi connectivity index (χ3v) is 1.82. The normalized spacial score (nSPS) is 28.8. The molecule has 0 bridgehead atoms. The second-order valence-corrected chi connectivity index (χ2v) is 2.89. The van der Waals surface area contributed by atoms with Crippen molar-refractivity contribution in [2.24, 2.45) is 0 Å². The number of hydrazine groups is 2. The fourth-order valence-electron chi connectivity index (χ4n) is 0.860. The summed E-state index contributed by atoms with van der Waals surface area (Å²) in [5, 5.41) is 10.7. The van der Waals surface area contributed by atoms with Crippen LogP contribution in [0, 0.1) is 0 Å². The number of nitrogens with one attached hydrogen (secondary N) is 2. The first kappa shape index (κ1) is 8.29. The van der Waals surface area contributed by atoms with Crippen molar-refractivity contribution in [3.8, 4) is 0 Å². The zero-order valence-electron chi connectivity index (χ0n) is 5.75. The molecule has 3 N–H and O–H groups in total. The van der Waals surface area contributed by atoms with E-state index in [1.54, 1.807) is 0 Å². The summed E-state index contributed by atoms with van der Waals surface area (Å²) >= 11 is 4.21. The molecule has 1 rings (SSSR count). The number of nitrogens with zero attached hydrogens (tertiary/aromatic N) is 1. The zero-order valence-corrected chi connectivity index (χ0v) is 6.64. The van der Waals surface area contributed by atoms with E-state index in [4.69, 9.17) is 5.11 Å². The lowest BCUT2D eigenvalue weighted by Gasteiger charge is -2.30. The van der Waals surface area contributed by atoms with Crippen molar-refractivity contribution >= 4 is 12.6 Å². The molecule has 0 saturated carbocycles. The highest BCUT2D eigenvalue weighted by atomic mass is 32.1. The van der Waals surface area contributed by atoms with Gasteiger partial charge in [0.1, 0.15) is 0 Å². The highest BCUT2D eigenvalue weighted by molar-refractivity contribution is 7.80. The summed E-state index contributed by atoms with van der Waals surface area (Å²) in [6.45, 7) is 1.78. The fraction of sp³-hybridized carbons (Fsp3) is 1.00. The van der Waals surface area contributed by atoms with Crippen molar-refractivity contribution in [1.82, 2.24) is 16.0 Å². The van der Waals surface area contributed by atoms with Crippen LogP contribution in [0.5, 0.6) is 0 Å². The van der Waals surface area contributed by atoms with Crippen LogP contribution in [0.4, 0.5) is 0 Å². The molecule has 0 radical (unpaired) electrons. The molecule has 4 nitrogen and oxygen atoms in total. The Morgan fingerprint density at radius 3 is 3.00 bits per heavy atom. The van der Waals surface area contributed by atoms with E-state index in [0.29, 0.717) is 6.54 Å². The van der Waals surface area contributed by atoms with Gasteiger partial charge in [-0.2, -0.15) is 18.2 Å². The first-order valence-electron chi connectivity index (χ1n) is 3.38. The molecule has 0 aromatic heterocycles. The van der Waals surface area contributed by atoms with Crippen molar-refractivity contribution in [2.45, 2.75) is 11.8 Å². The molecule has 0 aromatic carbocycles. The molecule has 10 heavy (non-hydrogen) atoms. The highest BCUT2D eigenvalue weighted by Crippen LogP contribution is 2.01. The molecule has 5 heteroatoms. The van der Waals surface area contributed by atoms with E-state index in [9.17, 15) is 0 Å². The van der Waals surface area contributed by atoms with Gasteiger partial charge in [-0.3, -0.25) is 0 Å². The largest absolute Gasteiger partial charge is 0.395 e. The number of thiol groups is 1. The molecule has 0 spiro atoms. The highest BCUT2D eigenvalue weighted by Gasteiger charge is 2.13. The van der Waals surface area contributed by atoms with Crippen molar-refractivity contribution in [3.63, 3.8) is 0 Å². The summed E-state index contributed by atoms with van der Waals surface area (Å²) in [5.41, 5.74) is 5.86. The van der Waals surface area contributed by atoms with E-state index in [0.717, 1.165) is 13.0 Å². The molecule has 0 aliphatic carbocycles. The van der Waals surface area contributed by atoms with Crippen molar-refractivity contribution in [3.05, 3.63) is 0 Å². The lowest BCUT2D eigenvalue weighted by Crippen LogP contribution is -2.56. The predicted molar refractivity (Wildman–Crippen MR) is 42.3 cm³/mol. The van der Waals surface area contributed by atoms with E-state index >= 15 is 0 Å². The van der Waals surface area contributed by atoms with Gasteiger partial charge in [0.05, 0.1) is 12.0 Å². The second kappa shape index (κ2) is 4.15.